The summed E-state index contributed by atoms with van der Waals surface area (Å²) >= 11 is 0. The minimum Gasteiger partial charge on any atom is -0.301 e. The van der Waals surface area contributed by atoms with Gasteiger partial charge in [-0.2, -0.15) is 5.26 Å². The minimum atomic E-state index is -0.214. The summed E-state index contributed by atoms with van der Waals surface area (Å²) in [4.78, 5) is 2.02. The summed E-state index contributed by atoms with van der Waals surface area (Å²) in [5.41, 5.74) is 0.933. The van der Waals surface area contributed by atoms with Crippen molar-refractivity contribution < 1.29 is 4.39 Å². The van der Waals surface area contributed by atoms with Gasteiger partial charge in [0, 0.05) is 13.1 Å². The first-order valence-corrected chi connectivity index (χ1v) is 4.94. The highest BCUT2D eigenvalue weighted by Gasteiger charge is 2.05. The van der Waals surface area contributed by atoms with Crippen molar-refractivity contribution in [1.82, 2.24) is 4.90 Å². The number of hydrogen-bond donors (Lipinski definition) is 0. The Morgan fingerprint density at radius 3 is 2.87 bits per heavy atom. The van der Waals surface area contributed by atoms with Crippen LogP contribution in [-0.4, -0.2) is 18.5 Å². The Morgan fingerprint density at radius 1 is 1.53 bits per heavy atom. The van der Waals surface area contributed by atoms with E-state index < -0.39 is 0 Å². The lowest BCUT2D eigenvalue weighted by Crippen LogP contribution is -2.23. The Morgan fingerprint density at radius 2 is 2.27 bits per heavy atom. The van der Waals surface area contributed by atoms with E-state index in [1.807, 2.05) is 24.9 Å². The molecule has 0 N–H and O–H groups in total. The van der Waals surface area contributed by atoms with Crippen molar-refractivity contribution in [2.75, 3.05) is 13.6 Å². The molecule has 80 valence electrons. The molecule has 1 rings (SSSR count). The van der Waals surface area contributed by atoms with Crippen molar-refractivity contribution in [3.05, 3.63) is 35.6 Å². The third kappa shape index (κ3) is 4.09. The average molecular weight is 206 g/mol. The summed E-state index contributed by atoms with van der Waals surface area (Å²) in [6.07, 6.45) is 0. The van der Waals surface area contributed by atoms with Crippen LogP contribution in [0.5, 0.6) is 0 Å². The number of rotatable bonds is 4. The van der Waals surface area contributed by atoms with Crippen molar-refractivity contribution in [1.29, 1.82) is 5.26 Å². The van der Waals surface area contributed by atoms with Gasteiger partial charge < -0.3 is 4.90 Å². The average Bonchev–Trinajstić information content (AvgIpc) is 2.17. The molecular formula is C12H15FN2. The summed E-state index contributed by atoms with van der Waals surface area (Å²) in [5.74, 6) is -0.210. The van der Waals surface area contributed by atoms with E-state index in [0.29, 0.717) is 13.1 Å². The zero-order chi connectivity index (χ0) is 11.3. The molecule has 0 bridgehead atoms. The van der Waals surface area contributed by atoms with E-state index in [2.05, 4.69) is 6.07 Å². The van der Waals surface area contributed by atoms with Gasteiger partial charge in [-0.15, -0.1) is 0 Å². The van der Waals surface area contributed by atoms with E-state index in [-0.39, 0.29) is 11.7 Å². The molecule has 0 saturated carbocycles. The molecule has 3 heteroatoms. The second-order valence-corrected chi connectivity index (χ2v) is 3.86. The number of hydrogen-bond acceptors (Lipinski definition) is 2. The summed E-state index contributed by atoms with van der Waals surface area (Å²) < 4.78 is 12.9. The van der Waals surface area contributed by atoms with Crippen LogP contribution in [0.15, 0.2) is 24.3 Å². The molecule has 0 amide bonds. The van der Waals surface area contributed by atoms with Crippen LogP contribution in [0.4, 0.5) is 4.39 Å². The zero-order valence-corrected chi connectivity index (χ0v) is 9.07. The molecule has 2 nitrogen and oxygen atoms in total. The summed E-state index contributed by atoms with van der Waals surface area (Å²) in [6.45, 7) is 3.25. The second kappa shape index (κ2) is 5.47. The molecule has 0 aliphatic rings. The first-order chi connectivity index (χ1) is 7.11. The van der Waals surface area contributed by atoms with Crippen molar-refractivity contribution in [2.24, 2.45) is 5.92 Å². The van der Waals surface area contributed by atoms with Gasteiger partial charge in [-0.1, -0.05) is 12.1 Å². The Kier molecular flexibility index (Phi) is 4.26. The fourth-order valence-electron chi connectivity index (χ4n) is 1.52. The number of halogens is 1. The van der Waals surface area contributed by atoms with Gasteiger partial charge in [0.05, 0.1) is 12.0 Å². The fraction of sp³-hybridized carbons (Fsp3) is 0.417. The van der Waals surface area contributed by atoms with Crippen LogP contribution in [0.25, 0.3) is 0 Å². The van der Waals surface area contributed by atoms with Gasteiger partial charge >= 0.3 is 0 Å². The maximum absolute atomic E-state index is 12.9. The monoisotopic (exact) mass is 206 g/mol. The molecular weight excluding hydrogens is 191 g/mol. The maximum atomic E-state index is 12.9. The van der Waals surface area contributed by atoms with E-state index in [1.165, 1.54) is 12.1 Å². The van der Waals surface area contributed by atoms with E-state index in [0.717, 1.165) is 5.56 Å². The Balaban J connectivity index is 2.52. The van der Waals surface area contributed by atoms with Crippen LogP contribution in [0.3, 0.4) is 0 Å². The summed E-state index contributed by atoms with van der Waals surface area (Å²) in [6, 6.07) is 8.72. The van der Waals surface area contributed by atoms with Crippen molar-refractivity contribution in [3.63, 3.8) is 0 Å². The first kappa shape index (κ1) is 11.7. The lowest BCUT2D eigenvalue weighted by Gasteiger charge is -2.17. The quantitative estimate of drug-likeness (QED) is 0.756. The third-order valence-corrected chi connectivity index (χ3v) is 2.15. The predicted octanol–water partition coefficient (Wildman–Crippen LogP) is 2.42. The molecule has 15 heavy (non-hydrogen) atoms. The third-order valence-electron chi connectivity index (χ3n) is 2.15. The van der Waals surface area contributed by atoms with Gasteiger partial charge in [-0.25, -0.2) is 4.39 Å². The standard InChI is InChI=1S/C12H15FN2/c1-10(7-14)8-15(2)9-11-4-3-5-12(13)6-11/h3-6,10H,8-9H2,1-2H3. The molecule has 1 aromatic rings. The van der Waals surface area contributed by atoms with Crippen LogP contribution in [0.2, 0.25) is 0 Å². The van der Waals surface area contributed by atoms with Crippen LogP contribution in [0.1, 0.15) is 12.5 Å². The van der Waals surface area contributed by atoms with E-state index in [4.69, 9.17) is 5.26 Å². The fourth-order valence-corrected chi connectivity index (χ4v) is 1.52. The molecule has 0 aromatic heterocycles. The van der Waals surface area contributed by atoms with E-state index in [1.54, 1.807) is 6.07 Å². The molecule has 0 radical (unpaired) electrons. The SMILES string of the molecule is CC(C#N)CN(C)Cc1cccc(F)c1. The zero-order valence-electron chi connectivity index (χ0n) is 9.07. The van der Waals surface area contributed by atoms with E-state index >= 15 is 0 Å². The van der Waals surface area contributed by atoms with Gasteiger partial charge in [0.25, 0.3) is 0 Å². The largest absolute Gasteiger partial charge is 0.301 e. The Bertz CT molecular complexity index is 357. The van der Waals surface area contributed by atoms with Gasteiger partial charge in [0.1, 0.15) is 5.82 Å². The molecule has 1 unspecified atom stereocenters. The molecule has 0 fully saturated rings. The lowest BCUT2D eigenvalue weighted by atomic mass is 10.1. The highest BCUT2D eigenvalue weighted by Crippen LogP contribution is 2.07. The number of benzene rings is 1. The molecule has 0 heterocycles. The highest BCUT2D eigenvalue weighted by molar-refractivity contribution is 5.16. The van der Waals surface area contributed by atoms with Gasteiger partial charge in [0.15, 0.2) is 0 Å². The molecule has 1 aromatic carbocycles. The van der Waals surface area contributed by atoms with Crippen molar-refractivity contribution in [2.45, 2.75) is 13.5 Å². The van der Waals surface area contributed by atoms with Gasteiger partial charge in [0.2, 0.25) is 0 Å². The first-order valence-electron chi connectivity index (χ1n) is 4.94. The Labute approximate surface area is 89.9 Å². The summed E-state index contributed by atoms with van der Waals surface area (Å²) in [7, 11) is 1.93. The lowest BCUT2D eigenvalue weighted by molar-refractivity contribution is 0.303. The van der Waals surface area contributed by atoms with Gasteiger partial charge in [-0.3, -0.25) is 0 Å². The molecule has 0 saturated heterocycles. The predicted molar refractivity (Wildman–Crippen MR) is 57.5 cm³/mol. The molecule has 0 spiro atoms. The summed E-state index contributed by atoms with van der Waals surface area (Å²) in [5, 5.41) is 8.66. The smallest absolute Gasteiger partial charge is 0.123 e. The normalized spacial score (nSPS) is 12.5. The molecule has 0 aliphatic carbocycles. The van der Waals surface area contributed by atoms with Crippen molar-refractivity contribution in [3.8, 4) is 6.07 Å². The van der Waals surface area contributed by atoms with Crippen LogP contribution in [-0.2, 0) is 6.54 Å². The van der Waals surface area contributed by atoms with Crippen molar-refractivity contribution >= 4 is 0 Å². The highest BCUT2D eigenvalue weighted by atomic mass is 19.1. The molecule has 1 atom stereocenters. The van der Waals surface area contributed by atoms with Crippen LogP contribution < -0.4 is 0 Å². The van der Waals surface area contributed by atoms with Crippen LogP contribution >= 0.6 is 0 Å². The maximum Gasteiger partial charge on any atom is 0.123 e. The minimum absolute atomic E-state index is 0.00330. The van der Waals surface area contributed by atoms with Crippen LogP contribution in [0, 0.1) is 23.1 Å². The van der Waals surface area contributed by atoms with E-state index in [9.17, 15) is 4.39 Å². The number of nitrogens with zero attached hydrogens (tertiary/aromatic N) is 2. The number of nitriles is 1. The van der Waals surface area contributed by atoms with Gasteiger partial charge in [-0.05, 0) is 31.7 Å². The second-order valence-electron chi connectivity index (χ2n) is 3.86. The topological polar surface area (TPSA) is 27.0 Å². The molecule has 0 aliphatic heterocycles. The Hall–Kier alpha value is -1.40.